The fourth-order valence-electron chi connectivity index (χ4n) is 7.39. The normalized spacial score (nSPS) is 10.6. The van der Waals surface area contributed by atoms with Gasteiger partial charge < -0.3 is 29.7 Å². The van der Waals surface area contributed by atoms with E-state index in [2.05, 4.69) is 20.8 Å². The molecular weight excluding hydrogens is 849 g/mol. The Morgan fingerprint density at radius 3 is 0.431 bits per heavy atom. The van der Waals surface area contributed by atoms with Crippen LogP contribution in [0.15, 0.2) is 0 Å². The Hall–Kier alpha value is -0.213. The third kappa shape index (κ3) is 73.3. The van der Waals surface area contributed by atoms with E-state index in [1.165, 1.54) is 231 Å². The van der Waals surface area contributed by atoms with Crippen molar-refractivity contribution < 1.29 is 71.5 Å². The Morgan fingerprint density at radius 1 is 0.224 bits per heavy atom. The molecule has 0 aliphatic heterocycles. The Balaban J connectivity index is -0.000000374. The zero-order valence-corrected chi connectivity index (χ0v) is 42.4. The number of hydrogen-bond acceptors (Lipinski definition) is 6. The summed E-state index contributed by atoms with van der Waals surface area (Å²) >= 11 is 0. The molecule has 0 aliphatic rings. The summed E-state index contributed by atoms with van der Waals surface area (Å²) in [6.07, 6.45) is 55.2. The van der Waals surface area contributed by atoms with E-state index in [-0.39, 0.29) is 61.0 Å². The minimum atomic E-state index is -0.904. The molecule has 0 spiro atoms. The molecule has 0 aromatic carbocycles. The molecule has 0 heterocycles. The summed E-state index contributed by atoms with van der Waals surface area (Å²) in [4.78, 5) is 30.6. The Morgan fingerprint density at radius 2 is 0.328 bits per heavy atom. The molecule has 58 heavy (non-hydrogen) atoms. The molecule has 0 bridgehead atoms. The number of carbonyl (C=O) groups is 3. The van der Waals surface area contributed by atoms with Gasteiger partial charge >= 0.3 is 41.7 Å². The second-order valence-electron chi connectivity index (χ2n) is 17.2. The molecule has 0 aromatic heterocycles. The van der Waals surface area contributed by atoms with E-state index in [0.29, 0.717) is 0 Å². The first-order valence-electron chi connectivity index (χ1n) is 25.4. The van der Waals surface area contributed by atoms with Crippen molar-refractivity contribution in [2.24, 2.45) is 0 Å². The van der Waals surface area contributed by atoms with Gasteiger partial charge in [-0.15, -0.1) is 0 Å². The van der Waals surface area contributed by atoms with Crippen LogP contribution in [0.5, 0.6) is 0 Å². The summed E-state index contributed by atoms with van der Waals surface area (Å²) in [6, 6.07) is 0. The van der Waals surface area contributed by atoms with Gasteiger partial charge in [0.25, 0.3) is 0 Å². The maximum Gasteiger partial charge on any atom is 3.00 e. The van der Waals surface area contributed by atoms with Crippen LogP contribution in [0.3, 0.4) is 0 Å². The summed E-state index contributed by atoms with van der Waals surface area (Å²) in [5.41, 5.74) is 0. The van der Waals surface area contributed by atoms with E-state index in [9.17, 15) is 29.7 Å². The number of rotatable bonds is 45. The summed E-state index contributed by atoms with van der Waals surface area (Å²) in [6.45, 7) is 6.79. The van der Waals surface area contributed by atoms with Crippen LogP contribution in [0, 0.1) is 41.7 Å². The van der Waals surface area contributed by atoms with Gasteiger partial charge in [-0.25, -0.2) is 0 Å². The summed E-state index contributed by atoms with van der Waals surface area (Å²) in [5.74, 6) is -2.71. The van der Waals surface area contributed by atoms with Gasteiger partial charge in [0.15, 0.2) is 0 Å². The van der Waals surface area contributed by atoms with Crippen LogP contribution in [0.25, 0.3) is 0 Å². The van der Waals surface area contributed by atoms with E-state index in [1.54, 1.807) is 0 Å². The van der Waals surface area contributed by atoms with Crippen molar-refractivity contribution in [2.45, 2.75) is 310 Å². The van der Waals surface area contributed by atoms with Gasteiger partial charge in [-0.2, -0.15) is 0 Å². The molecule has 0 saturated heterocycles. The van der Waals surface area contributed by atoms with Crippen LogP contribution >= 0.6 is 0 Å². The van der Waals surface area contributed by atoms with Gasteiger partial charge in [-0.3, -0.25) is 0 Å². The molecule has 0 aliphatic carbocycles. The zero-order valence-electron chi connectivity index (χ0n) is 39.3. The van der Waals surface area contributed by atoms with Crippen molar-refractivity contribution in [3.05, 3.63) is 0 Å². The van der Waals surface area contributed by atoms with Crippen LogP contribution in [0.4, 0.5) is 0 Å². The standard InChI is InChI=1S/3C17H34O2.Ce/c3*1-2-3-4-5-6-7-8-9-10-11-12-13-14-15-16-17(18)19;/h3*2-16H2,1H3,(H,18,19);/q;;;+3/p-3. The van der Waals surface area contributed by atoms with Crippen molar-refractivity contribution >= 4 is 17.9 Å². The van der Waals surface area contributed by atoms with Gasteiger partial charge in [0.1, 0.15) is 0 Å². The van der Waals surface area contributed by atoms with Gasteiger partial charge in [-0.05, 0) is 38.5 Å². The van der Waals surface area contributed by atoms with Crippen LogP contribution in [-0.2, 0) is 14.4 Å². The monoisotopic (exact) mass is 948 g/mol. The SMILES string of the molecule is CCCCCCCCCCCCCCCCC(=O)[O-].CCCCCCCCCCCCCCCCC(=O)[O-].CCCCCCCCCCCCCCCCC(=O)[O-].[Ce+3]. The number of carboxylic acids is 3. The van der Waals surface area contributed by atoms with Crippen molar-refractivity contribution in [3.63, 3.8) is 0 Å². The second kappa shape index (κ2) is 61.1. The third-order valence-electron chi connectivity index (χ3n) is 11.2. The van der Waals surface area contributed by atoms with E-state index in [1.807, 2.05) is 0 Å². The summed E-state index contributed by atoms with van der Waals surface area (Å²) in [5, 5.41) is 30.6. The predicted molar refractivity (Wildman–Crippen MR) is 240 cm³/mol. The fourth-order valence-corrected chi connectivity index (χ4v) is 7.39. The number of hydrogen-bond donors (Lipinski definition) is 0. The van der Waals surface area contributed by atoms with Crippen LogP contribution < -0.4 is 15.3 Å². The topological polar surface area (TPSA) is 120 Å². The summed E-state index contributed by atoms with van der Waals surface area (Å²) in [7, 11) is 0. The number of carbonyl (C=O) groups excluding carboxylic acids is 3. The van der Waals surface area contributed by atoms with Crippen LogP contribution in [0.1, 0.15) is 310 Å². The maximum atomic E-state index is 10.2. The molecule has 0 rings (SSSR count). The first-order valence-corrected chi connectivity index (χ1v) is 25.4. The Bertz CT molecular complexity index is 676. The van der Waals surface area contributed by atoms with Gasteiger partial charge in [-0.1, -0.05) is 271 Å². The van der Waals surface area contributed by atoms with Gasteiger partial charge in [0, 0.05) is 17.9 Å². The molecule has 0 N–H and O–H groups in total. The van der Waals surface area contributed by atoms with Crippen LogP contribution in [0.2, 0.25) is 0 Å². The molecule has 0 fully saturated rings. The second-order valence-corrected chi connectivity index (χ2v) is 17.2. The molecular formula is C51H99CeO6. The Kier molecular flexibility index (Phi) is 67.8. The minimum absolute atomic E-state index is 0. The largest absolute Gasteiger partial charge is 3.00 e. The molecule has 0 unspecified atom stereocenters. The molecule has 1 radical (unpaired) electrons. The van der Waals surface area contributed by atoms with E-state index >= 15 is 0 Å². The van der Waals surface area contributed by atoms with E-state index in [4.69, 9.17) is 0 Å². The molecule has 0 amide bonds. The fraction of sp³-hybridized carbons (Fsp3) is 0.941. The van der Waals surface area contributed by atoms with Crippen molar-refractivity contribution in [3.8, 4) is 0 Å². The molecule has 343 valence electrons. The Labute approximate surface area is 396 Å². The van der Waals surface area contributed by atoms with E-state index < -0.39 is 17.9 Å². The van der Waals surface area contributed by atoms with Gasteiger partial charge in [0.2, 0.25) is 0 Å². The zero-order chi connectivity index (χ0) is 42.6. The van der Waals surface area contributed by atoms with Crippen molar-refractivity contribution in [2.75, 3.05) is 0 Å². The smallest absolute Gasteiger partial charge is 0.550 e. The van der Waals surface area contributed by atoms with E-state index in [0.717, 1.165) is 38.5 Å². The minimum Gasteiger partial charge on any atom is -0.550 e. The maximum absolute atomic E-state index is 10.2. The van der Waals surface area contributed by atoms with Crippen molar-refractivity contribution in [1.29, 1.82) is 0 Å². The number of carboxylic acid groups (broad SMARTS) is 3. The third-order valence-corrected chi connectivity index (χ3v) is 11.2. The first-order chi connectivity index (χ1) is 27.8. The molecule has 0 saturated carbocycles. The number of unbranched alkanes of at least 4 members (excludes halogenated alkanes) is 39. The molecule has 7 heteroatoms. The summed E-state index contributed by atoms with van der Waals surface area (Å²) < 4.78 is 0. The number of aliphatic carboxylic acids is 3. The predicted octanol–water partition coefficient (Wildman–Crippen LogP) is 13.8. The van der Waals surface area contributed by atoms with Crippen molar-refractivity contribution in [1.82, 2.24) is 0 Å². The molecule has 0 aromatic rings. The average molecular weight is 948 g/mol. The van der Waals surface area contributed by atoms with Crippen LogP contribution in [-0.4, -0.2) is 17.9 Å². The molecule has 6 nitrogen and oxygen atoms in total. The van der Waals surface area contributed by atoms with Gasteiger partial charge in [0.05, 0.1) is 0 Å². The molecule has 0 atom stereocenters. The quantitative estimate of drug-likeness (QED) is 0.0561. The first kappa shape index (κ1) is 64.4. The average Bonchev–Trinajstić information content (AvgIpc) is 3.18.